The second-order valence-corrected chi connectivity index (χ2v) is 10.2. The highest BCUT2D eigenvalue weighted by Crippen LogP contribution is 2.39. The van der Waals surface area contributed by atoms with Gasteiger partial charge in [-0.05, 0) is 54.8 Å². The van der Waals surface area contributed by atoms with Gasteiger partial charge >= 0.3 is 0 Å². The van der Waals surface area contributed by atoms with Crippen LogP contribution in [0.4, 0.5) is 4.39 Å². The normalized spacial score (nSPS) is 14.0. The van der Waals surface area contributed by atoms with Gasteiger partial charge in [-0.15, -0.1) is 23.1 Å². The minimum absolute atomic E-state index is 0.0617. The van der Waals surface area contributed by atoms with E-state index in [2.05, 4.69) is 15.6 Å². The molecule has 0 saturated heterocycles. The zero-order valence-electron chi connectivity index (χ0n) is 18.0. The number of amides is 2. The number of fused-ring (bicyclic) bond motifs is 1. The van der Waals surface area contributed by atoms with Crippen molar-refractivity contribution in [2.75, 3.05) is 6.54 Å². The summed E-state index contributed by atoms with van der Waals surface area (Å²) in [4.78, 5) is 34.7. The maximum Gasteiger partial charge on any atom is 0.240 e. The molecule has 1 unspecified atom stereocenters. The highest BCUT2D eigenvalue weighted by Gasteiger charge is 2.27. The van der Waals surface area contributed by atoms with Gasteiger partial charge < -0.3 is 10.6 Å². The molecule has 34 heavy (non-hydrogen) atoms. The number of hydrogen-bond donors (Lipinski definition) is 2. The third-order valence-electron chi connectivity index (χ3n) is 5.29. The lowest BCUT2D eigenvalue weighted by molar-refractivity contribution is -0.125. The van der Waals surface area contributed by atoms with Crippen LogP contribution in [0.1, 0.15) is 23.1 Å². The molecule has 2 heterocycles. The number of benzene rings is 2. The monoisotopic (exact) mass is 492 g/mol. The molecular formula is C25H21FN4O2S2. The van der Waals surface area contributed by atoms with Gasteiger partial charge in [-0.3, -0.25) is 9.59 Å². The number of carbonyl (C=O) groups is 2. The van der Waals surface area contributed by atoms with Gasteiger partial charge in [0.2, 0.25) is 17.8 Å². The van der Waals surface area contributed by atoms with Crippen LogP contribution < -0.4 is 10.6 Å². The number of nitrogens with zero attached hydrogens (tertiary/aromatic N) is 2. The summed E-state index contributed by atoms with van der Waals surface area (Å²) >= 11 is 2.84. The van der Waals surface area contributed by atoms with Crippen molar-refractivity contribution in [1.82, 2.24) is 20.6 Å². The lowest BCUT2D eigenvalue weighted by Crippen LogP contribution is -2.39. The first-order valence-corrected chi connectivity index (χ1v) is 12.6. The topological polar surface area (TPSA) is 84.0 Å². The fourth-order valence-corrected chi connectivity index (χ4v) is 5.55. The standard InChI is InChI=1S/C25H21FN4O2S2/c26-21-11-7-16(13-27-21)15-6-10-20-19(12-15)30-25(34-20)23(33-18-4-2-1-3-5-18)24(32)28-14-22(31)29-17-8-9-17/h1-7,10-13,17,23H,8-9,14H2,(H,28,32)(H,29,31). The molecule has 0 spiro atoms. The maximum absolute atomic E-state index is 13.2. The number of halogens is 1. The van der Waals surface area contributed by atoms with Crippen LogP contribution in [0.5, 0.6) is 0 Å². The summed E-state index contributed by atoms with van der Waals surface area (Å²) in [7, 11) is 0. The van der Waals surface area contributed by atoms with Crippen LogP contribution >= 0.6 is 23.1 Å². The van der Waals surface area contributed by atoms with E-state index in [0.29, 0.717) is 5.01 Å². The highest BCUT2D eigenvalue weighted by molar-refractivity contribution is 8.00. The van der Waals surface area contributed by atoms with Crippen molar-refractivity contribution in [1.29, 1.82) is 0 Å². The summed E-state index contributed by atoms with van der Waals surface area (Å²) in [5, 5.41) is 5.70. The number of thiazole rings is 1. The second-order valence-electron chi connectivity index (χ2n) is 7.97. The predicted molar refractivity (Wildman–Crippen MR) is 132 cm³/mol. The Hall–Kier alpha value is -3.30. The number of nitrogens with one attached hydrogen (secondary N) is 2. The lowest BCUT2D eigenvalue weighted by Gasteiger charge is -2.14. The Morgan fingerprint density at radius 1 is 1.09 bits per heavy atom. The van der Waals surface area contributed by atoms with Gasteiger partial charge in [0, 0.05) is 22.7 Å². The molecule has 2 N–H and O–H groups in total. The van der Waals surface area contributed by atoms with E-state index in [1.165, 1.54) is 35.4 Å². The number of aromatic nitrogens is 2. The summed E-state index contributed by atoms with van der Waals surface area (Å²) < 4.78 is 14.1. The summed E-state index contributed by atoms with van der Waals surface area (Å²) in [6.07, 6.45) is 3.47. The molecule has 1 aliphatic carbocycles. The minimum atomic E-state index is -0.607. The van der Waals surface area contributed by atoms with Crippen molar-refractivity contribution in [2.45, 2.75) is 29.0 Å². The van der Waals surface area contributed by atoms with Gasteiger partial charge in [0.15, 0.2) is 0 Å². The van der Waals surface area contributed by atoms with Crippen LogP contribution in [-0.4, -0.2) is 34.4 Å². The zero-order valence-corrected chi connectivity index (χ0v) is 19.7. The fraction of sp³-hybridized carbons (Fsp3) is 0.200. The SMILES string of the molecule is O=C(CNC(=O)C(Sc1ccccc1)c1nc2cc(-c3ccc(F)nc3)ccc2s1)NC1CC1. The molecule has 1 atom stereocenters. The third kappa shape index (κ3) is 5.43. The van der Waals surface area contributed by atoms with E-state index in [9.17, 15) is 14.0 Å². The van der Waals surface area contributed by atoms with E-state index in [0.717, 1.165) is 39.1 Å². The molecule has 1 fully saturated rings. The molecule has 172 valence electrons. The van der Waals surface area contributed by atoms with Crippen LogP contribution in [0.2, 0.25) is 0 Å². The Kier molecular flexibility index (Phi) is 6.55. The third-order valence-corrected chi connectivity index (χ3v) is 7.76. The van der Waals surface area contributed by atoms with Crippen molar-refractivity contribution in [3.63, 3.8) is 0 Å². The van der Waals surface area contributed by atoms with Crippen molar-refractivity contribution in [3.05, 3.63) is 77.8 Å². The van der Waals surface area contributed by atoms with Crippen molar-refractivity contribution < 1.29 is 14.0 Å². The summed E-state index contributed by atoms with van der Waals surface area (Å²) in [6, 6.07) is 18.7. The Labute approximate surface area is 204 Å². The average Bonchev–Trinajstić information content (AvgIpc) is 3.56. The molecule has 2 aromatic heterocycles. The molecule has 0 bridgehead atoms. The first-order chi connectivity index (χ1) is 16.5. The van der Waals surface area contributed by atoms with Gasteiger partial charge in [-0.1, -0.05) is 24.3 Å². The second kappa shape index (κ2) is 9.90. The van der Waals surface area contributed by atoms with Gasteiger partial charge in [-0.2, -0.15) is 4.39 Å². The molecule has 2 aromatic carbocycles. The molecule has 0 radical (unpaired) electrons. The van der Waals surface area contributed by atoms with Gasteiger partial charge in [-0.25, -0.2) is 9.97 Å². The smallest absolute Gasteiger partial charge is 0.240 e. The Morgan fingerprint density at radius 3 is 2.62 bits per heavy atom. The first-order valence-electron chi connectivity index (χ1n) is 10.9. The van der Waals surface area contributed by atoms with Gasteiger partial charge in [0.1, 0.15) is 10.3 Å². The molecule has 0 aliphatic heterocycles. The molecule has 1 saturated carbocycles. The van der Waals surface area contributed by atoms with Crippen LogP contribution in [0.15, 0.2) is 71.8 Å². The number of rotatable bonds is 8. The predicted octanol–water partition coefficient (Wildman–Crippen LogP) is 4.73. The van der Waals surface area contributed by atoms with E-state index in [1.807, 2.05) is 48.5 Å². The molecule has 5 rings (SSSR count). The largest absolute Gasteiger partial charge is 0.352 e. The lowest BCUT2D eigenvalue weighted by atomic mass is 10.1. The number of pyridine rings is 1. The molecular weight excluding hydrogens is 471 g/mol. The Morgan fingerprint density at radius 2 is 1.88 bits per heavy atom. The molecule has 1 aliphatic rings. The van der Waals surface area contributed by atoms with Gasteiger partial charge in [0.25, 0.3) is 0 Å². The van der Waals surface area contributed by atoms with E-state index in [1.54, 1.807) is 6.07 Å². The first kappa shape index (κ1) is 22.5. The van der Waals surface area contributed by atoms with E-state index in [-0.39, 0.29) is 24.4 Å². The van der Waals surface area contributed by atoms with E-state index in [4.69, 9.17) is 4.98 Å². The van der Waals surface area contributed by atoms with E-state index < -0.39 is 11.2 Å². The van der Waals surface area contributed by atoms with Gasteiger partial charge in [0.05, 0.1) is 16.8 Å². The maximum atomic E-state index is 13.2. The summed E-state index contributed by atoms with van der Waals surface area (Å²) in [5.74, 6) is -0.971. The van der Waals surface area contributed by atoms with Crippen molar-refractivity contribution in [2.24, 2.45) is 0 Å². The van der Waals surface area contributed by atoms with Crippen LogP contribution in [0, 0.1) is 5.95 Å². The fourth-order valence-electron chi connectivity index (χ4n) is 3.40. The number of thioether (sulfide) groups is 1. The highest BCUT2D eigenvalue weighted by atomic mass is 32.2. The van der Waals surface area contributed by atoms with Crippen LogP contribution in [0.3, 0.4) is 0 Å². The van der Waals surface area contributed by atoms with E-state index >= 15 is 0 Å². The van der Waals surface area contributed by atoms with Crippen LogP contribution in [-0.2, 0) is 9.59 Å². The molecule has 6 nitrogen and oxygen atoms in total. The molecule has 4 aromatic rings. The Bertz CT molecular complexity index is 1320. The number of hydrogen-bond acceptors (Lipinski definition) is 6. The summed E-state index contributed by atoms with van der Waals surface area (Å²) in [5.41, 5.74) is 2.40. The van der Waals surface area contributed by atoms with Crippen LogP contribution in [0.25, 0.3) is 21.3 Å². The minimum Gasteiger partial charge on any atom is -0.352 e. The quantitative estimate of drug-likeness (QED) is 0.275. The molecule has 9 heteroatoms. The average molecular weight is 493 g/mol. The number of carbonyl (C=O) groups excluding carboxylic acids is 2. The van der Waals surface area contributed by atoms with Crippen molar-refractivity contribution in [3.8, 4) is 11.1 Å². The van der Waals surface area contributed by atoms with Crippen molar-refractivity contribution >= 4 is 45.1 Å². The summed E-state index contributed by atoms with van der Waals surface area (Å²) in [6.45, 7) is -0.0617. The molecule has 2 amide bonds. The zero-order chi connectivity index (χ0) is 23.5. The Balaban J connectivity index is 1.40.